The molecule has 2 rings (SSSR count). The summed E-state index contributed by atoms with van der Waals surface area (Å²) in [5.41, 5.74) is 6.63. The number of nitrogens with zero attached hydrogens (tertiary/aromatic N) is 2. The molecule has 0 atom stereocenters. The third-order valence-electron chi connectivity index (χ3n) is 2.31. The smallest absolute Gasteiger partial charge is 0.253 e. The molecule has 1 aromatic heterocycles. The molecule has 0 unspecified atom stereocenters. The second-order valence-corrected chi connectivity index (χ2v) is 3.65. The van der Waals surface area contributed by atoms with Crippen LogP contribution in [0.3, 0.4) is 0 Å². The van der Waals surface area contributed by atoms with Crippen molar-refractivity contribution in [1.82, 2.24) is 10.2 Å². The first-order chi connectivity index (χ1) is 8.29. The van der Waals surface area contributed by atoms with E-state index in [0.717, 1.165) is 17.7 Å². The van der Waals surface area contributed by atoms with E-state index in [2.05, 4.69) is 10.2 Å². The van der Waals surface area contributed by atoms with Gasteiger partial charge in [-0.3, -0.25) is 0 Å². The Morgan fingerprint density at radius 3 is 2.82 bits per heavy atom. The molecule has 90 valence electrons. The van der Waals surface area contributed by atoms with E-state index in [1.807, 2.05) is 24.3 Å². The molecule has 0 fully saturated rings. The molecule has 0 aliphatic carbocycles. The van der Waals surface area contributed by atoms with Crippen LogP contribution in [0.25, 0.3) is 0 Å². The van der Waals surface area contributed by atoms with Crippen LogP contribution < -0.4 is 10.5 Å². The van der Waals surface area contributed by atoms with E-state index >= 15 is 0 Å². The second-order valence-electron chi connectivity index (χ2n) is 3.65. The molecule has 1 heterocycles. The van der Waals surface area contributed by atoms with Gasteiger partial charge in [0.15, 0.2) is 6.61 Å². The average molecular weight is 233 g/mol. The van der Waals surface area contributed by atoms with E-state index in [9.17, 15) is 0 Å². The molecule has 0 bridgehead atoms. The molecule has 2 aromatic rings. The highest BCUT2D eigenvalue weighted by atomic mass is 16.5. The number of rotatable bonds is 5. The van der Waals surface area contributed by atoms with E-state index < -0.39 is 0 Å². The van der Waals surface area contributed by atoms with Crippen molar-refractivity contribution < 1.29 is 9.15 Å². The quantitative estimate of drug-likeness (QED) is 0.846. The van der Waals surface area contributed by atoms with E-state index in [1.54, 1.807) is 6.92 Å². The lowest BCUT2D eigenvalue weighted by Crippen LogP contribution is -2.05. The summed E-state index contributed by atoms with van der Waals surface area (Å²) in [6.45, 7) is 2.63. The van der Waals surface area contributed by atoms with Crippen LogP contribution in [0.1, 0.15) is 17.3 Å². The van der Waals surface area contributed by atoms with Crippen LogP contribution in [-0.4, -0.2) is 16.7 Å². The molecule has 0 saturated carbocycles. The Morgan fingerprint density at radius 1 is 1.29 bits per heavy atom. The van der Waals surface area contributed by atoms with Crippen LogP contribution >= 0.6 is 0 Å². The highest BCUT2D eigenvalue weighted by Crippen LogP contribution is 2.19. The van der Waals surface area contributed by atoms with Crippen molar-refractivity contribution >= 4 is 0 Å². The van der Waals surface area contributed by atoms with Crippen molar-refractivity contribution in [3.63, 3.8) is 0 Å². The lowest BCUT2D eigenvalue weighted by Gasteiger charge is -2.08. The molecule has 17 heavy (non-hydrogen) atoms. The van der Waals surface area contributed by atoms with Gasteiger partial charge in [-0.15, -0.1) is 10.2 Å². The number of hydrogen-bond acceptors (Lipinski definition) is 5. The van der Waals surface area contributed by atoms with Crippen molar-refractivity contribution in [1.29, 1.82) is 0 Å². The van der Waals surface area contributed by atoms with E-state index in [1.165, 1.54) is 0 Å². The molecule has 5 heteroatoms. The predicted octanol–water partition coefficient (Wildman–Crippen LogP) is 1.46. The summed E-state index contributed by atoms with van der Waals surface area (Å²) < 4.78 is 10.9. The topological polar surface area (TPSA) is 74.2 Å². The Kier molecular flexibility index (Phi) is 3.72. The summed E-state index contributed by atoms with van der Waals surface area (Å²) in [5.74, 6) is 1.83. The van der Waals surface area contributed by atoms with Gasteiger partial charge in [0.05, 0.1) is 0 Å². The molecular weight excluding hydrogens is 218 g/mol. The summed E-state index contributed by atoms with van der Waals surface area (Å²) in [4.78, 5) is 0. The Bertz CT molecular complexity index is 482. The van der Waals surface area contributed by atoms with Gasteiger partial charge >= 0.3 is 0 Å². The summed E-state index contributed by atoms with van der Waals surface area (Å²) in [6, 6.07) is 7.80. The minimum absolute atomic E-state index is 0.280. The fraction of sp³-hybridized carbons (Fsp3) is 0.333. The number of benzene rings is 1. The van der Waals surface area contributed by atoms with Gasteiger partial charge in [0, 0.05) is 6.92 Å². The maximum atomic E-state index is 5.64. The van der Waals surface area contributed by atoms with Crippen LogP contribution in [0.5, 0.6) is 5.75 Å². The standard InChI is InChI=1S/C12H15N3O2/c1-9-14-15-12(17-9)8-16-11-5-3-2-4-10(11)6-7-13/h2-5H,6-8,13H2,1H3. The minimum Gasteiger partial charge on any atom is -0.484 e. The van der Waals surface area contributed by atoms with Gasteiger partial charge in [-0.25, -0.2) is 0 Å². The zero-order chi connectivity index (χ0) is 12.1. The van der Waals surface area contributed by atoms with Crippen molar-refractivity contribution in [2.24, 2.45) is 5.73 Å². The summed E-state index contributed by atoms with van der Waals surface area (Å²) >= 11 is 0. The molecule has 0 spiro atoms. The van der Waals surface area contributed by atoms with Crippen LogP contribution in [0.4, 0.5) is 0 Å². The van der Waals surface area contributed by atoms with Gasteiger partial charge in [-0.05, 0) is 24.6 Å². The van der Waals surface area contributed by atoms with Crippen molar-refractivity contribution in [3.8, 4) is 5.75 Å². The first kappa shape index (κ1) is 11.6. The molecular formula is C12H15N3O2. The predicted molar refractivity (Wildman–Crippen MR) is 62.6 cm³/mol. The number of ether oxygens (including phenoxy) is 1. The normalized spacial score (nSPS) is 10.5. The van der Waals surface area contributed by atoms with E-state index in [0.29, 0.717) is 18.3 Å². The third-order valence-corrected chi connectivity index (χ3v) is 2.31. The van der Waals surface area contributed by atoms with E-state index in [4.69, 9.17) is 14.9 Å². The number of aryl methyl sites for hydroxylation is 1. The van der Waals surface area contributed by atoms with Gasteiger partial charge < -0.3 is 14.9 Å². The Morgan fingerprint density at radius 2 is 2.12 bits per heavy atom. The maximum Gasteiger partial charge on any atom is 0.253 e. The monoisotopic (exact) mass is 233 g/mol. The second kappa shape index (κ2) is 5.45. The number of aromatic nitrogens is 2. The average Bonchev–Trinajstić information content (AvgIpc) is 2.74. The SMILES string of the molecule is Cc1nnc(COc2ccccc2CCN)o1. The highest BCUT2D eigenvalue weighted by Gasteiger charge is 2.06. The van der Waals surface area contributed by atoms with Gasteiger partial charge in [0.1, 0.15) is 5.75 Å². The van der Waals surface area contributed by atoms with E-state index in [-0.39, 0.29) is 6.61 Å². The molecule has 0 amide bonds. The maximum absolute atomic E-state index is 5.64. The van der Waals surface area contributed by atoms with Crippen LogP contribution in [0.15, 0.2) is 28.7 Å². The van der Waals surface area contributed by atoms with Gasteiger partial charge in [0.2, 0.25) is 5.89 Å². The zero-order valence-electron chi connectivity index (χ0n) is 9.72. The van der Waals surface area contributed by atoms with Gasteiger partial charge in [-0.2, -0.15) is 0 Å². The van der Waals surface area contributed by atoms with Gasteiger partial charge in [-0.1, -0.05) is 18.2 Å². The molecule has 0 saturated heterocycles. The first-order valence-corrected chi connectivity index (χ1v) is 5.49. The molecule has 1 aromatic carbocycles. The van der Waals surface area contributed by atoms with Crippen LogP contribution in [0, 0.1) is 6.92 Å². The molecule has 0 aliphatic heterocycles. The van der Waals surface area contributed by atoms with Gasteiger partial charge in [0.25, 0.3) is 5.89 Å². The minimum atomic E-state index is 0.280. The van der Waals surface area contributed by atoms with Crippen LogP contribution in [0.2, 0.25) is 0 Å². The Labute approximate surface area is 99.6 Å². The van der Waals surface area contributed by atoms with Crippen molar-refractivity contribution in [2.45, 2.75) is 20.0 Å². The molecule has 0 radical (unpaired) electrons. The Hall–Kier alpha value is -1.88. The lowest BCUT2D eigenvalue weighted by molar-refractivity contribution is 0.258. The fourth-order valence-corrected chi connectivity index (χ4v) is 1.54. The molecule has 5 nitrogen and oxygen atoms in total. The number of nitrogens with two attached hydrogens (primary N) is 1. The van der Waals surface area contributed by atoms with Crippen molar-refractivity contribution in [2.75, 3.05) is 6.54 Å². The van der Waals surface area contributed by atoms with Crippen molar-refractivity contribution in [3.05, 3.63) is 41.6 Å². The number of para-hydroxylation sites is 1. The number of hydrogen-bond donors (Lipinski definition) is 1. The van der Waals surface area contributed by atoms with Crippen LogP contribution in [-0.2, 0) is 13.0 Å². The zero-order valence-corrected chi connectivity index (χ0v) is 9.72. The molecule has 0 aliphatic rings. The largest absolute Gasteiger partial charge is 0.484 e. The Balaban J connectivity index is 2.03. The highest BCUT2D eigenvalue weighted by molar-refractivity contribution is 5.33. The third kappa shape index (κ3) is 3.04. The summed E-state index contributed by atoms with van der Waals surface area (Å²) in [6.07, 6.45) is 0.791. The summed E-state index contributed by atoms with van der Waals surface area (Å²) in [5, 5.41) is 7.61. The summed E-state index contributed by atoms with van der Waals surface area (Å²) in [7, 11) is 0. The fourth-order valence-electron chi connectivity index (χ4n) is 1.54. The first-order valence-electron chi connectivity index (χ1n) is 5.49. The lowest BCUT2D eigenvalue weighted by atomic mass is 10.1. The molecule has 2 N–H and O–H groups in total.